The van der Waals surface area contributed by atoms with E-state index in [1.807, 2.05) is 54.2 Å². The van der Waals surface area contributed by atoms with Gasteiger partial charge in [0.05, 0.1) is 17.2 Å². The fraction of sp³-hybridized carbons (Fsp3) is 0.333. The molecule has 2 aromatic heterocycles. The van der Waals surface area contributed by atoms with E-state index in [1.54, 1.807) is 6.20 Å². The Labute approximate surface area is 265 Å². The van der Waals surface area contributed by atoms with E-state index in [2.05, 4.69) is 96.2 Å². The Balaban J connectivity index is 0.00000405. The van der Waals surface area contributed by atoms with Gasteiger partial charge in [0.2, 0.25) is 0 Å². The molecule has 5 nitrogen and oxygen atoms in total. The zero-order valence-corrected chi connectivity index (χ0v) is 28.6. The van der Waals surface area contributed by atoms with Crippen LogP contribution in [0.5, 0.6) is 11.5 Å². The van der Waals surface area contributed by atoms with Crippen LogP contribution in [0.25, 0.3) is 28.2 Å². The Morgan fingerprint density at radius 1 is 0.786 bits per heavy atom. The molecule has 0 bridgehead atoms. The number of hydrogen-bond donors (Lipinski definition) is 0. The van der Waals surface area contributed by atoms with Crippen molar-refractivity contribution in [1.82, 2.24) is 19.3 Å². The van der Waals surface area contributed by atoms with E-state index in [0.717, 1.165) is 28.5 Å². The summed E-state index contributed by atoms with van der Waals surface area (Å²) in [4.78, 5) is 4.45. The van der Waals surface area contributed by atoms with E-state index in [-0.39, 0.29) is 31.9 Å². The molecule has 5 rings (SSSR count). The minimum absolute atomic E-state index is 0. The van der Waals surface area contributed by atoms with Gasteiger partial charge in [-0.1, -0.05) is 65.3 Å². The van der Waals surface area contributed by atoms with Crippen molar-refractivity contribution in [2.45, 2.75) is 73.1 Å². The summed E-state index contributed by atoms with van der Waals surface area (Å²) in [6.45, 7) is 20.1. The SMILES string of the molecule is Cc1cc(C)c(-c2c(C(C)(C)C)nn(-c3[c-]c(Oc4[c-]c(-c5nccn5C)ccc4)ccc3)c2C(C)(C)C)c(C)c1.[Pt+2]. The van der Waals surface area contributed by atoms with Crippen molar-refractivity contribution in [3.8, 4) is 39.7 Å². The summed E-state index contributed by atoms with van der Waals surface area (Å²) >= 11 is 0. The van der Waals surface area contributed by atoms with E-state index < -0.39 is 0 Å². The normalized spacial score (nSPS) is 11.9. The first-order chi connectivity index (χ1) is 19.2. The standard InChI is InChI=1S/C36H40N4O.Pt/c1-23-19-24(2)30(25(3)20-23)31-32(35(4,5)6)38-40(33(31)36(7,8)9)27-14-12-16-29(22-27)41-28-15-11-13-26(21-28)34-37-17-18-39(34)10;/h11-20H,1-10H3;/q-2;+2. The van der Waals surface area contributed by atoms with E-state index in [9.17, 15) is 0 Å². The number of aryl methyl sites for hydroxylation is 4. The van der Waals surface area contributed by atoms with E-state index in [4.69, 9.17) is 9.84 Å². The largest absolute Gasteiger partial charge is 2.00 e. The third kappa shape index (κ3) is 6.17. The Morgan fingerprint density at radius 2 is 1.40 bits per heavy atom. The molecule has 0 saturated carbocycles. The molecule has 0 aliphatic rings. The molecule has 0 amide bonds. The van der Waals surface area contributed by atoms with Crippen LogP contribution < -0.4 is 4.74 Å². The monoisotopic (exact) mass is 739 g/mol. The first-order valence-corrected chi connectivity index (χ1v) is 14.2. The van der Waals surface area contributed by atoms with Gasteiger partial charge >= 0.3 is 21.1 Å². The topological polar surface area (TPSA) is 44.9 Å². The molecule has 6 heteroatoms. The number of ether oxygens (including phenoxy) is 1. The van der Waals surface area contributed by atoms with E-state index in [0.29, 0.717) is 11.5 Å². The fourth-order valence-corrected chi connectivity index (χ4v) is 5.62. The Bertz CT molecular complexity index is 1710. The van der Waals surface area contributed by atoms with Crippen LogP contribution >= 0.6 is 0 Å². The van der Waals surface area contributed by atoms with E-state index in [1.165, 1.54) is 27.8 Å². The van der Waals surface area contributed by atoms with Gasteiger partial charge in [-0.2, -0.15) is 11.2 Å². The van der Waals surface area contributed by atoms with Gasteiger partial charge < -0.3 is 9.30 Å². The molecule has 0 radical (unpaired) electrons. The van der Waals surface area contributed by atoms with Crippen LogP contribution in [0.1, 0.15) is 69.6 Å². The number of benzene rings is 3. The molecule has 5 aromatic rings. The van der Waals surface area contributed by atoms with Gasteiger partial charge in [0, 0.05) is 47.3 Å². The van der Waals surface area contributed by atoms with E-state index >= 15 is 0 Å². The Morgan fingerprint density at radius 3 is 1.98 bits per heavy atom. The van der Waals surface area contributed by atoms with Gasteiger partial charge in [-0.05, 0) is 43.1 Å². The minimum atomic E-state index is -0.190. The molecule has 42 heavy (non-hydrogen) atoms. The molecule has 3 aromatic carbocycles. The van der Waals surface area contributed by atoms with Crippen molar-refractivity contribution in [1.29, 1.82) is 0 Å². The first-order valence-electron chi connectivity index (χ1n) is 14.2. The molecule has 0 aliphatic heterocycles. The molecule has 220 valence electrons. The first kappa shape index (κ1) is 31.5. The van der Waals surface area contributed by atoms with Crippen LogP contribution in [-0.2, 0) is 38.9 Å². The van der Waals surface area contributed by atoms with Gasteiger partial charge in [0.25, 0.3) is 0 Å². The summed E-state index contributed by atoms with van der Waals surface area (Å²) in [7, 11) is 1.97. The summed E-state index contributed by atoms with van der Waals surface area (Å²) in [5, 5.41) is 5.32. The minimum Gasteiger partial charge on any atom is -0.503 e. The Hall–Kier alpha value is -3.43. The summed E-state index contributed by atoms with van der Waals surface area (Å²) < 4.78 is 10.3. The number of nitrogens with zero attached hydrogens (tertiary/aromatic N) is 4. The van der Waals surface area contributed by atoms with Crippen LogP contribution in [0.15, 0.2) is 60.9 Å². The number of hydrogen-bond acceptors (Lipinski definition) is 3. The molecular formula is C36H40N4OPt. The third-order valence-corrected chi connectivity index (χ3v) is 7.26. The third-order valence-electron chi connectivity index (χ3n) is 7.26. The predicted molar refractivity (Wildman–Crippen MR) is 167 cm³/mol. The average Bonchev–Trinajstić information content (AvgIpc) is 3.48. The molecule has 0 fully saturated rings. The van der Waals surface area contributed by atoms with Gasteiger partial charge in [-0.3, -0.25) is 9.67 Å². The van der Waals surface area contributed by atoms with Crippen molar-refractivity contribution < 1.29 is 25.8 Å². The van der Waals surface area contributed by atoms with Gasteiger partial charge in [-0.25, -0.2) is 0 Å². The van der Waals surface area contributed by atoms with Crippen molar-refractivity contribution in [3.63, 3.8) is 0 Å². The van der Waals surface area contributed by atoms with Gasteiger partial charge in [-0.15, -0.1) is 42.0 Å². The predicted octanol–water partition coefficient (Wildman–Crippen LogP) is 8.85. The molecule has 0 atom stereocenters. The molecule has 0 unspecified atom stereocenters. The second-order valence-corrected chi connectivity index (χ2v) is 13.1. The summed E-state index contributed by atoms with van der Waals surface area (Å²) in [6.07, 6.45) is 3.70. The van der Waals surface area contributed by atoms with Crippen LogP contribution in [0.2, 0.25) is 0 Å². The smallest absolute Gasteiger partial charge is 0.503 e. The molecule has 0 N–H and O–H groups in total. The molecule has 0 spiro atoms. The van der Waals surface area contributed by atoms with Crippen LogP contribution in [0, 0.1) is 32.9 Å². The summed E-state index contributed by atoms with van der Waals surface area (Å²) in [5.41, 5.74) is 9.88. The fourth-order valence-electron chi connectivity index (χ4n) is 5.62. The molecule has 0 saturated heterocycles. The quantitative estimate of drug-likeness (QED) is 0.169. The van der Waals surface area contributed by atoms with Crippen molar-refractivity contribution in [3.05, 3.63) is 101 Å². The maximum Gasteiger partial charge on any atom is 2.00 e. The maximum atomic E-state index is 6.30. The second-order valence-electron chi connectivity index (χ2n) is 13.1. The van der Waals surface area contributed by atoms with Crippen LogP contribution in [-0.4, -0.2) is 19.3 Å². The zero-order chi connectivity index (χ0) is 29.7. The second kappa shape index (κ2) is 11.7. The van der Waals surface area contributed by atoms with Gasteiger partial charge in [0.15, 0.2) is 0 Å². The average molecular weight is 740 g/mol. The van der Waals surface area contributed by atoms with Crippen molar-refractivity contribution in [2.24, 2.45) is 7.05 Å². The van der Waals surface area contributed by atoms with Crippen LogP contribution in [0.4, 0.5) is 0 Å². The molecule has 0 aliphatic carbocycles. The summed E-state index contributed by atoms with van der Waals surface area (Å²) in [5.74, 6) is 2.05. The maximum absolute atomic E-state index is 6.30. The number of aromatic nitrogens is 4. The summed E-state index contributed by atoms with van der Waals surface area (Å²) in [6, 6.07) is 23.2. The number of imidazole rings is 1. The van der Waals surface area contributed by atoms with Crippen molar-refractivity contribution in [2.75, 3.05) is 0 Å². The van der Waals surface area contributed by atoms with Gasteiger partial charge in [0.1, 0.15) is 0 Å². The molecular weight excluding hydrogens is 700 g/mol. The Kier molecular flexibility index (Phi) is 8.76. The van der Waals surface area contributed by atoms with Crippen LogP contribution in [0.3, 0.4) is 0 Å². The zero-order valence-electron chi connectivity index (χ0n) is 26.3. The van der Waals surface area contributed by atoms with Crippen molar-refractivity contribution >= 4 is 0 Å². The molecule has 2 heterocycles. The number of rotatable bonds is 5.